The summed E-state index contributed by atoms with van der Waals surface area (Å²) in [5, 5.41) is 0. The maximum absolute atomic E-state index is 13.0. The number of hydrogen-bond acceptors (Lipinski definition) is 1. The van der Waals surface area contributed by atoms with E-state index in [4.69, 9.17) is 0 Å². The van der Waals surface area contributed by atoms with Crippen molar-refractivity contribution in [2.24, 2.45) is 11.8 Å². The van der Waals surface area contributed by atoms with Gasteiger partial charge in [0.15, 0.2) is 5.78 Å². The maximum Gasteiger partial charge on any atom is 0.185 e. The zero-order chi connectivity index (χ0) is 17.8. The van der Waals surface area contributed by atoms with Crippen molar-refractivity contribution in [1.29, 1.82) is 0 Å². The van der Waals surface area contributed by atoms with Crippen LogP contribution in [-0.4, -0.2) is 5.78 Å². The lowest BCUT2D eigenvalue weighted by atomic mass is 9.77. The van der Waals surface area contributed by atoms with Crippen molar-refractivity contribution in [3.8, 4) is 0 Å². The smallest absolute Gasteiger partial charge is 0.185 e. The van der Waals surface area contributed by atoms with Crippen molar-refractivity contribution >= 4 is 17.9 Å². The Hall–Kier alpha value is -2.67. The van der Waals surface area contributed by atoms with Gasteiger partial charge in [-0.25, -0.2) is 0 Å². The first-order valence-corrected chi connectivity index (χ1v) is 8.86. The Morgan fingerprint density at radius 1 is 0.840 bits per heavy atom. The molecule has 1 heteroatoms. The van der Waals surface area contributed by atoms with Crippen LogP contribution in [0.4, 0.5) is 0 Å². The molecule has 2 aromatic carbocycles. The maximum atomic E-state index is 13.0. The van der Waals surface area contributed by atoms with E-state index in [1.54, 1.807) is 0 Å². The lowest BCUT2D eigenvalue weighted by Gasteiger charge is -2.26. The Kier molecular flexibility index (Phi) is 5.14. The molecule has 1 aliphatic carbocycles. The molecule has 2 aromatic rings. The SMILES string of the molecule is CC(C)C1=CC(=Cc2ccccc2)C(C)C(=Cc2ccccc2)C1=O. The molecule has 0 heterocycles. The fraction of sp³-hybridized carbons (Fsp3) is 0.208. The standard InChI is InChI=1S/C24H24O/c1-17(2)22-16-21(14-19-10-6-4-7-11-19)18(3)23(24(22)25)15-20-12-8-5-9-13-20/h4-18H,1-3H3. The minimum absolute atomic E-state index is 0.0791. The van der Waals surface area contributed by atoms with Crippen LogP contribution in [0.1, 0.15) is 31.9 Å². The van der Waals surface area contributed by atoms with Gasteiger partial charge in [-0.15, -0.1) is 0 Å². The summed E-state index contributed by atoms with van der Waals surface area (Å²) in [4.78, 5) is 13.0. The first-order chi connectivity index (χ1) is 12.1. The minimum Gasteiger partial charge on any atom is -0.289 e. The lowest BCUT2D eigenvalue weighted by molar-refractivity contribution is -0.113. The van der Waals surface area contributed by atoms with Gasteiger partial charge < -0.3 is 0 Å². The Balaban J connectivity index is 2.09. The zero-order valence-electron chi connectivity index (χ0n) is 15.1. The van der Waals surface area contributed by atoms with Gasteiger partial charge in [-0.2, -0.15) is 0 Å². The van der Waals surface area contributed by atoms with Gasteiger partial charge in [0.1, 0.15) is 0 Å². The Labute approximate surface area is 150 Å². The quantitative estimate of drug-likeness (QED) is 0.636. The Bertz CT molecular complexity index is 836. The second-order valence-electron chi connectivity index (χ2n) is 6.87. The van der Waals surface area contributed by atoms with Gasteiger partial charge in [0.25, 0.3) is 0 Å². The predicted molar refractivity (Wildman–Crippen MR) is 106 cm³/mol. The molecule has 0 spiro atoms. The highest BCUT2D eigenvalue weighted by Gasteiger charge is 2.29. The first kappa shape index (κ1) is 17.2. The molecule has 25 heavy (non-hydrogen) atoms. The van der Waals surface area contributed by atoms with E-state index in [1.807, 2.05) is 54.6 Å². The van der Waals surface area contributed by atoms with Gasteiger partial charge in [0, 0.05) is 17.1 Å². The van der Waals surface area contributed by atoms with Crippen LogP contribution in [-0.2, 0) is 4.79 Å². The molecule has 0 aromatic heterocycles. The van der Waals surface area contributed by atoms with E-state index < -0.39 is 0 Å². The molecule has 1 unspecified atom stereocenters. The fourth-order valence-corrected chi connectivity index (χ4v) is 3.17. The van der Waals surface area contributed by atoms with Gasteiger partial charge in [-0.05, 0) is 28.7 Å². The van der Waals surface area contributed by atoms with Crippen LogP contribution >= 0.6 is 0 Å². The van der Waals surface area contributed by atoms with Crippen molar-refractivity contribution in [3.05, 3.63) is 94.6 Å². The van der Waals surface area contributed by atoms with Crippen molar-refractivity contribution in [2.45, 2.75) is 20.8 Å². The number of benzene rings is 2. The van der Waals surface area contributed by atoms with Gasteiger partial charge in [-0.3, -0.25) is 4.79 Å². The van der Waals surface area contributed by atoms with Crippen molar-refractivity contribution in [3.63, 3.8) is 0 Å². The summed E-state index contributed by atoms with van der Waals surface area (Å²) < 4.78 is 0. The highest BCUT2D eigenvalue weighted by Crippen LogP contribution is 2.35. The second kappa shape index (κ2) is 7.48. The van der Waals surface area contributed by atoms with Gasteiger partial charge in [-0.1, -0.05) is 93.6 Å². The van der Waals surface area contributed by atoms with E-state index in [-0.39, 0.29) is 17.6 Å². The predicted octanol–water partition coefficient (Wildman–Crippen LogP) is 5.95. The Morgan fingerprint density at radius 3 is 1.88 bits per heavy atom. The summed E-state index contributed by atoms with van der Waals surface area (Å²) in [6.45, 7) is 6.29. The van der Waals surface area contributed by atoms with Crippen LogP contribution in [0.15, 0.2) is 83.5 Å². The Morgan fingerprint density at radius 2 is 1.36 bits per heavy atom. The molecule has 0 radical (unpaired) electrons. The monoisotopic (exact) mass is 328 g/mol. The van der Waals surface area contributed by atoms with Crippen LogP contribution in [0, 0.1) is 11.8 Å². The third-order valence-electron chi connectivity index (χ3n) is 4.69. The fourth-order valence-electron chi connectivity index (χ4n) is 3.17. The molecule has 126 valence electrons. The normalized spacial score (nSPS) is 21.0. The largest absolute Gasteiger partial charge is 0.289 e. The van der Waals surface area contributed by atoms with E-state index in [0.717, 1.165) is 22.3 Å². The molecule has 1 nitrogen and oxygen atoms in total. The molecule has 0 saturated carbocycles. The zero-order valence-corrected chi connectivity index (χ0v) is 15.1. The molecule has 0 fully saturated rings. The van der Waals surface area contributed by atoms with Crippen LogP contribution in [0.3, 0.4) is 0 Å². The highest BCUT2D eigenvalue weighted by atomic mass is 16.1. The number of Topliss-reactive ketones (excluding diaryl/α,β-unsaturated/α-hetero) is 1. The molecule has 0 saturated heterocycles. The van der Waals surface area contributed by atoms with E-state index in [2.05, 4.69) is 45.1 Å². The third kappa shape index (κ3) is 3.88. The van der Waals surface area contributed by atoms with E-state index in [0.29, 0.717) is 0 Å². The topological polar surface area (TPSA) is 17.1 Å². The van der Waals surface area contributed by atoms with E-state index >= 15 is 0 Å². The second-order valence-corrected chi connectivity index (χ2v) is 6.87. The van der Waals surface area contributed by atoms with Gasteiger partial charge >= 0.3 is 0 Å². The number of ketones is 1. The average molecular weight is 328 g/mol. The molecule has 1 aliphatic rings. The molecule has 0 bridgehead atoms. The summed E-state index contributed by atoms with van der Waals surface area (Å²) in [5.74, 6) is 0.463. The minimum atomic E-state index is 0.0791. The molecule has 0 N–H and O–H groups in total. The molecule has 1 atom stereocenters. The molecule has 3 rings (SSSR count). The average Bonchev–Trinajstić information content (AvgIpc) is 2.62. The van der Waals surface area contributed by atoms with Crippen LogP contribution in [0.25, 0.3) is 12.2 Å². The van der Waals surface area contributed by atoms with Crippen molar-refractivity contribution in [1.82, 2.24) is 0 Å². The van der Waals surface area contributed by atoms with Gasteiger partial charge in [0.2, 0.25) is 0 Å². The summed E-state index contributed by atoms with van der Waals surface area (Å²) in [5.41, 5.74) is 5.19. The summed E-state index contributed by atoms with van der Waals surface area (Å²) in [6.07, 6.45) is 6.33. The number of hydrogen-bond donors (Lipinski definition) is 0. The summed E-state index contributed by atoms with van der Waals surface area (Å²) in [6, 6.07) is 20.4. The number of carbonyl (C=O) groups is 1. The van der Waals surface area contributed by atoms with Crippen LogP contribution in [0.2, 0.25) is 0 Å². The molecular formula is C24H24O. The van der Waals surface area contributed by atoms with E-state index in [1.165, 1.54) is 5.57 Å². The van der Waals surface area contributed by atoms with E-state index in [9.17, 15) is 4.79 Å². The van der Waals surface area contributed by atoms with Crippen LogP contribution < -0.4 is 0 Å². The van der Waals surface area contributed by atoms with Gasteiger partial charge in [0.05, 0.1) is 0 Å². The summed E-state index contributed by atoms with van der Waals surface area (Å²) >= 11 is 0. The number of rotatable bonds is 3. The lowest BCUT2D eigenvalue weighted by Crippen LogP contribution is -2.22. The first-order valence-electron chi connectivity index (χ1n) is 8.86. The molecule has 0 amide bonds. The number of allylic oxidation sites excluding steroid dienone is 4. The third-order valence-corrected chi connectivity index (χ3v) is 4.69. The van der Waals surface area contributed by atoms with Crippen molar-refractivity contribution < 1.29 is 4.79 Å². The molecule has 0 aliphatic heterocycles. The highest BCUT2D eigenvalue weighted by molar-refractivity contribution is 6.13. The summed E-state index contributed by atoms with van der Waals surface area (Å²) in [7, 11) is 0. The van der Waals surface area contributed by atoms with Crippen LogP contribution in [0.5, 0.6) is 0 Å². The molecular weight excluding hydrogens is 304 g/mol. The van der Waals surface area contributed by atoms with Crippen molar-refractivity contribution in [2.75, 3.05) is 0 Å². The number of carbonyl (C=O) groups excluding carboxylic acids is 1.